The van der Waals surface area contributed by atoms with E-state index in [0.717, 1.165) is 70.5 Å². The van der Waals surface area contributed by atoms with E-state index < -0.39 is 0 Å². The summed E-state index contributed by atoms with van der Waals surface area (Å²) in [6.45, 7) is 9.56. The van der Waals surface area contributed by atoms with E-state index in [1.165, 1.54) is 11.8 Å². The molecule has 0 unspecified atom stereocenters. The van der Waals surface area contributed by atoms with Crippen LogP contribution in [-0.2, 0) is 21.8 Å². The third kappa shape index (κ3) is 10.0. The lowest BCUT2D eigenvalue weighted by atomic mass is 10.0. The first-order valence-electron chi connectivity index (χ1n) is 14.9. The smallest absolute Gasteiger partial charge is 0.248 e. The quantitative estimate of drug-likeness (QED) is 0.0751. The second-order valence-corrected chi connectivity index (χ2v) is 10.9. The van der Waals surface area contributed by atoms with Crippen LogP contribution >= 0.6 is 11.8 Å². The topological polar surface area (TPSA) is 74.6 Å². The first-order chi connectivity index (χ1) is 21.1. The Balaban J connectivity index is 1.35. The number of anilines is 1. The Labute approximate surface area is 259 Å². The minimum atomic E-state index is -0.207. The van der Waals surface area contributed by atoms with E-state index in [0.29, 0.717) is 19.8 Å². The maximum atomic E-state index is 12.8. The van der Waals surface area contributed by atoms with Crippen LogP contribution in [0.5, 0.6) is 11.5 Å². The zero-order valence-corrected chi connectivity index (χ0v) is 26.1. The summed E-state index contributed by atoms with van der Waals surface area (Å²) in [5.41, 5.74) is 4.85. The Morgan fingerprint density at radius 3 is 2.44 bits per heavy atom. The van der Waals surface area contributed by atoms with Crippen LogP contribution in [0.1, 0.15) is 44.9 Å². The summed E-state index contributed by atoms with van der Waals surface area (Å²) in [6.07, 6.45) is 9.22. The maximum Gasteiger partial charge on any atom is 0.248 e. The number of aryl methyl sites for hydroxylation is 1. The number of carbonyl (C=O) groups excluding carboxylic acids is 1. The van der Waals surface area contributed by atoms with E-state index in [9.17, 15) is 4.79 Å². The van der Waals surface area contributed by atoms with E-state index in [4.69, 9.17) is 14.2 Å². The van der Waals surface area contributed by atoms with Crippen LogP contribution in [0.2, 0.25) is 0 Å². The number of nitrogens with one attached hydrogen (secondary N) is 1. The fraction of sp³-hybridized carbons (Fsp3) is 0.314. The minimum absolute atomic E-state index is 0.207. The normalized spacial score (nSPS) is 11.1. The monoisotopic (exact) mass is 599 g/mol. The molecule has 0 radical (unpaired) electrons. The molecule has 4 rings (SSSR count). The van der Waals surface area contributed by atoms with Crippen molar-refractivity contribution in [3.63, 3.8) is 0 Å². The van der Waals surface area contributed by atoms with Gasteiger partial charge in [-0.1, -0.05) is 32.0 Å². The van der Waals surface area contributed by atoms with Crippen LogP contribution in [0.15, 0.2) is 90.2 Å². The molecule has 0 bridgehead atoms. The molecule has 0 aliphatic heterocycles. The Bertz CT molecular complexity index is 1450. The highest BCUT2D eigenvalue weighted by molar-refractivity contribution is 7.98. The zero-order valence-electron chi connectivity index (χ0n) is 25.3. The summed E-state index contributed by atoms with van der Waals surface area (Å²) in [6, 6.07) is 21.9. The second kappa shape index (κ2) is 17.2. The predicted octanol–water partition coefficient (Wildman–Crippen LogP) is 8.11. The number of thioether (sulfide) groups is 1. The third-order valence-electron chi connectivity index (χ3n) is 6.53. The number of nitrogens with zero attached hydrogens (tertiary/aromatic N) is 2. The maximum absolute atomic E-state index is 12.8. The summed E-state index contributed by atoms with van der Waals surface area (Å²) in [5.74, 6) is 2.17. The molecular weight excluding hydrogens is 558 g/mol. The van der Waals surface area contributed by atoms with Gasteiger partial charge in [-0.2, -0.15) is 0 Å². The van der Waals surface area contributed by atoms with E-state index in [-0.39, 0.29) is 5.91 Å². The fourth-order valence-corrected chi connectivity index (χ4v) is 5.29. The van der Waals surface area contributed by atoms with Gasteiger partial charge in [0.05, 0.1) is 19.5 Å². The number of hydrogen-bond donors (Lipinski definition) is 1. The Morgan fingerprint density at radius 1 is 0.907 bits per heavy atom. The molecule has 226 valence electrons. The van der Waals surface area contributed by atoms with Gasteiger partial charge in [-0.15, -0.1) is 11.8 Å². The number of benzene rings is 3. The van der Waals surface area contributed by atoms with Gasteiger partial charge in [-0.3, -0.25) is 4.79 Å². The number of carbonyl (C=O) groups is 1. The van der Waals surface area contributed by atoms with Crippen molar-refractivity contribution in [1.82, 2.24) is 9.55 Å². The van der Waals surface area contributed by atoms with Crippen molar-refractivity contribution in [3.8, 4) is 22.6 Å². The molecular formula is C35H41N3O4S. The first-order valence-corrected chi connectivity index (χ1v) is 15.9. The Hall–Kier alpha value is -4.01. The van der Waals surface area contributed by atoms with Crippen LogP contribution in [-0.4, -0.2) is 41.9 Å². The number of ether oxygens (including phenoxy) is 3. The van der Waals surface area contributed by atoms with E-state index in [1.807, 2.05) is 86.2 Å². The SMILES string of the molecule is CCCOCCOc1ccc(-c2ccc(OCC)c(/C=C/C(=O)Nc3ccc(SCc4cncn4CCC)cc3)c2)cc1. The largest absolute Gasteiger partial charge is 0.493 e. The van der Waals surface area contributed by atoms with Crippen molar-refractivity contribution in [2.45, 2.75) is 50.8 Å². The van der Waals surface area contributed by atoms with Crippen LogP contribution in [0.25, 0.3) is 17.2 Å². The van der Waals surface area contributed by atoms with Crippen molar-refractivity contribution in [2.75, 3.05) is 31.7 Å². The number of imidazole rings is 1. The lowest BCUT2D eigenvalue weighted by molar-refractivity contribution is -0.111. The van der Waals surface area contributed by atoms with Crippen LogP contribution < -0.4 is 14.8 Å². The van der Waals surface area contributed by atoms with Gasteiger partial charge >= 0.3 is 0 Å². The van der Waals surface area contributed by atoms with E-state index >= 15 is 0 Å². The number of aromatic nitrogens is 2. The molecule has 1 heterocycles. The average Bonchev–Trinajstić information content (AvgIpc) is 3.47. The third-order valence-corrected chi connectivity index (χ3v) is 7.57. The Kier molecular flexibility index (Phi) is 12.8. The van der Waals surface area contributed by atoms with Gasteiger partial charge in [0.1, 0.15) is 18.1 Å². The number of hydrogen-bond acceptors (Lipinski definition) is 6. The van der Waals surface area contributed by atoms with Crippen molar-refractivity contribution in [3.05, 3.63) is 96.6 Å². The summed E-state index contributed by atoms with van der Waals surface area (Å²) in [4.78, 5) is 18.2. The van der Waals surface area contributed by atoms with Crippen LogP contribution in [0, 0.1) is 0 Å². The summed E-state index contributed by atoms with van der Waals surface area (Å²) in [5, 5.41) is 2.95. The highest BCUT2D eigenvalue weighted by Gasteiger charge is 2.07. The van der Waals surface area contributed by atoms with Gasteiger partial charge < -0.3 is 24.1 Å². The highest BCUT2D eigenvalue weighted by atomic mass is 32.2. The van der Waals surface area contributed by atoms with Crippen molar-refractivity contribution < 1.29 is 19.0 Å². The molecule has 3 aromatic carbocycles. The Morgan fingerprint density at radius 2 is 1.70 bits per heavy atom. The first kappa shape index (κ1) is 31.9. The average molecular weight is 600 g/mol. The molecule has 4 aromatic rings. The van der Waals surface area contributed by atoms with Crippen molar-refractivity contribution in [2.24, 2.45) is 0 Å². The fourth-order valence-electron chi connectivity index (χ4n) is 4.41. The van der Waals surface area contributed by atoms with Gasteiger partial charge in [0, 0.05) is 53.0 Å². The molecule has 1 N–H and O–H groups in total. The van der Waals surface area contributed by atoms with Crippen LogP contribution in [0.4, 0.5) is 5.69 Å². The molecule has 43 heavy (non-hydrogen) atoms. The summed E-state index contributed by atoms with van der Waals surface area (Å²) in [7, 11) is 0. The molecule has 1 aromatic heterocycles. The lowest BCUT2D eigenvalue weighted by Gasteiger charge is -2.11. The standard InChI is InChI=1S/C35H41N3O4S/c1-4-19-38-26-36-24-31(38)25-43-33-15-11-30(12-16-33)37-35(39)18-10-29-23-28(9-17-34(29)41-6-3)27-7-13-32(14-8-27)42-22-21-40-20-5-2/h7-18,23-24,26H,4-6,19-22,25H2,1-3H3,(H,37,39)/b18-10+. The number of amides is 1. The van der Waals surface area contributed by atoms with Gasteiger partial charge in [0.2, 0.25) is 5.91 Å². The molecule has 0 spiro atoms. The van der Waals surface area contributed by atoms with Crippen LogP contribution in [0.3, 0.4) is 0 Å². The van der Waals surface area contributed by atoms with Crippen molar-refractivity contribution >= 4 is 29.4 Å². The highest BCUT2D eigenvalue weighted by Crippen LogP contribution is 2.29. The molecule has 0 aliphatic rings. The summed E-state index contributed by atoms with van der Waals surface area (Å²) >= 11 is 1.75. The molecule has 7 nitrogen and oxygen atoms in total. The number of rotatable bonds is 17. The lowest BCUT2D eigenvalue weighted by Crippen LogP contribution is -2.07. The predicted molar refractivity (Wildman–Crippen MR) is 176 cm³/mol. The van der Waals surface area contributed by atoms with Crippen molar-refractivity contribution in [1.29, 1.82) is 0 Å². The van der Waals surface area contributed by atoms with Gasteiger partial charge in [-0.25, -0.2) is 4.98 Å². The second-order valence-electron chi connectivity index (χ2n) is 9.88. The molecule has 0 aliphatic carbocycles. The van der Waals surface area contributed by atoms with Gasteiger partial charge in [0.25, 0.3) is 0 Å². The van der Waals surface area contributed by atoms with Gasteiger partial charge in [0.15, 0.2) is 0 Å². The molecule has 0 saturated heterocycles. The van der Waals surface area contributed by atoms with E-state index in [1.54, 1.807) is 17.8 Å². The molecule has 0 saturated carbocycles. The summed E-state index contributed by atoms with van der Waals surface area (Å²) < 4.78 is 19.3. The molecule has 1 amide bonds. The zero-order chi connectivity index (χ0) is 30.3. The molecule has 8 heteroatoms. The minimum Gasteiger partial charge on any atom is -0.493 e. The molecule has 0 fully saturated rings. The molecule has 0 atom stereocenters. The van der Waals surface area contributed by atoms with E-state index in [2.05, 4.69) is 28.7 Å². The van der Waals surface area contributed by atoms with Gasteiger partial charge in [-0.05, 0) is 85.5 Å².